The summed E-state index contributed by atoms with van der Waals surface area (Å²) in [6.07, 6.45) is 1.37. The topological polar surface area (TPSA) is 94.0 Å². The molecule has 0 aliphatic carbocycles. The van der Waals surface area contributed by atoms with Crippen molar-refractivity contribution in [3.63, 3.8) is 0 Å². The fourth-order valence-electron chi connectivity index (χ4n) is 1.81. The number of hydrogen-bond acceptors (Lipinski definition) is 5. The van der Waals surface area contributed by atoms with E-state index in [0.29, 0.717) is 18.1 Å². The molecule has 1 unspecified atom stereocenters. The molecule has 2 rings (SSSR count). The minimum atomic E-state index is -0.539. The highest BCUT2D eigenvalue weighted by atomic mass is 16.5. The summed E-state index contributed by atoms with van der Waals surface area (Å²) in [5.74, 6) is 0.720. The smallest absolute Gasteiger partial charge is 0.237 e. The minimum Gasteiger partial charge on any atom is -0.347 e. The van der Waals surface area contributed by atoms with Crippen LogP contribution in [0, 0.1) is 6.92 Å². The quantitative estimate of drug-likeness (QED) is 0.818. The first-order valence-electron chi connectivity index (χ1n) is 6.51. The molecule has 0 fully saturated rings. The summed E-state index contributed by atoms with van der Waals surface area (Å²) in [6, 6.07) is 9.41. The molecule has 0 aliphatic rings. The Morgan fingerprint density at radius 1 is 1.40 bits per heavy atom. The SMILES string of the molecule is Cc1nc(CNC(=O)C(N)CCc2ccccc2)no1. The second-order valence-electron chi connectivity index (χ2n) is 4.58. The lowest BCUT2D eigenvalue weighted by atomic mass is 10.1. The highest BCUT2D eigenvalue weighted by Gasteiger charge is 2.14. The number of rotatable bonds is 6. The van der Waals surface area contributed by atoms with E-state index in [1.165, 1.54) is 5.56 Å². The van der Waals surface area contributed by atoms with E-state index in [0.717, 1.165) is 6.42 Å². The van der Waals surface area contributed by atoms with E-state index in [-0.39, 0.29) is 12.5 Å². The van der Waals surface area contributed by atoms with Gasteiger partial charge in [0.1, 0.15) is 0 Å². The van der Waals surface area contributed by atoms with Crippen LogP contribution in [0.25, 0.3) is 0 Å². The van der Waals surface area contributed by atoms with E-state index >= 15 is 0 Å². The molecule has 1 amide bonds. The van der Waals surface area contributed by atoms with E-state index in [1.54, 1.807) is 6.92 Å². The largest absolute Gasteiger partial charge is 0.347 e. The molecular weight excluding hydrogens is 256 g/mol. The van der Waals surface area contributed by atoms with Crippen LogP contribution in [0.5, 0.6) is 0 Å². The average Bonchev–Trinajstić information content (AvgIpc) is 2.89. The highest BCUT2D eigenvalue weighted by Crippen LogP contribution is 2.04. The van der Waals surface area contributed by atoms with Gasteiger partial charge in [-0.3, -0.25) is 4.79 Å². The van der Waals surface area contributed by atoms with Crippen LogP contribution in [-0.4, -0.2) is 22.1 Å². The summed E-state index contributed by atoms with van der Waals surface area (Å²) in [5, 5.41) is 6.40. The van der Waals surface area contributed by atoms with E-state index < -0.39 is 6.04 Å². The molecule has 3 N–H and O–H groups in total. The van der Waals surface area contributed by atoms with Gasteiger partial charge in [0.25, 0.3) is 0 Å². The number of aromatic nitrogens is 2. The van der Waals surface area contributed by atoms with Crippen LogP contribution < -0.4 is 11.1 Å². The number of hydrogen-bond donors (Lipinski definition) is 2. The standard InChI is InChI=1S/C14H18N4O2/c1-10-17-13(18-20-10)9-16-14(19)12(15)8-7-11-5-3-2-4-6-11/h2-6,12H,7-9,15H2,1H3,(H,16,19). The third-order valence-electron chi connectivity index (χ3n) is 2.91. The van der Waals surface area contributed by atoms with Crippen molar-refractivity contribution < 1.29 is 9.32 Å². The Kier molecular flexibility index (Phi) is 4.84. The fraction of sp³-hybridized carbons (Fsp3) is 0.357. The zero-order chi connectivity index (χ0) is 14.4. The van der Waals surface area contributed by atoms with Gasteiger partial charge in [-0.15, -0.1) is 0 Å². The molecule has 0 saturated heterocycles. The predicted molar refractivity (Wildman–Crippen MR) is 73.6 cm³/mol. The predicted octanol–water partition coefficient (Wildman–Crippen LogP) is 0.954. The number of carbonyl (C=O) groups is 1. The van der Waals surface area contributed by atoms with Crippen LogP contribution in [0.1, 0.15) is 23.7 Å². The molecule has 2 aromatic rings. The Hall–Kier alpha value is -2.21. The summed E-state index contributed by atoms with van der Waals surface area (Å²) in [5.41, 5.74) is 7.03. The third-order valence-corrected chi connectivity index (χ3v) is 2.91. The Bertz CT molecular complexity index is 553. The number of nitrogens with one attached hydrogen (secondary N) is 1. The molecule has 20 heavy (non-hydrogen) atoms. The van der Waals surface area contributed by atoms with E-state index in [9.17, 15) is 4.79 Å². The van der Waals surface area contributed by atoms with Crippen molar-refractivity contribution in [2.45, 2.75) is 32.4 Å². The fourth-order valence-corrected chi connectivity index (χ4v) is 1.81. The van der Waals surface area contributed by atoms with Crippen LogP contribution in [0.2, 0.25) is 0 Å². The zero-order valence-corrected chi connectivity index (χ0v) is 11.4. The van der Waals surface area contributed by atoms with Crippen molar-refractivity contribution in [1.29, 1.82) is 0 Å². The summed E-state index contributed by atoms with van der Waals surface area (Å²) in [7, 11) is 0. The number of aryl methyl sites for hydroxylation is 2. The van der Waals surface area contributed by atoms with Crippen molar-refractivity contribution in [3.05, 3.63) is 47.6 Å². The van der Waals surface area contributed by atoms with Gasteiger partial charge in [-0.1, -0.05) is 35.5 Å². The van der Waals surface area contributed by atoms with Crippen molar-refractivity contribution in [3.8, 4) is 0 Å². The van der Waals surface area contributed by atoms with Gasteiger partial charge in [0, 0.05) is 6.92 Å². The Labute approximate surface area is 117 Å². The molecule has 0 saturated carbocycles. The van der Waals surface area contributed by atoms with Crippen molar-refractivity contribution in [1.82, 2.24) is 15.5 Å². The van der Waals surface area contributed by atoms with Gasteiger partial charge in [-0.2, -0.15) is 4.98 Å². The second kappa shape index (κ2) is 6.81. The zero-order valence-electron chi connectivity index (χ0n) is 11.4. The van der Waals surface area contributed by atoms with E-state index in [4.69, 9.17) is 10.3 Å². The number of carbonyl (C=O) groups excluding carboxylic acids is 1. The first-order valence-corrected chi connectivity index (χ1v) is 6.51. The summed E-state index contributed by atoms with van der Waals surface area (Å²) < 4.78 is 4.82. The van der Waals surface area contributed by atoms with Gasteiger partial charge in [-0.25, -0.2) is 0 Å². The van der Waals surface area contributed by atoms with Crippen LogP contribution in [0.15, 0.2) is 34.9 Å². The summed E-state index contributed by atoms with van der Waals surface area (Å²) in [6.45, 7) is 1.93. The van der Waals surface area contributed by atoms with Crippen molar-refractivity contribution in [2.24, 2.45) is 5.73 Å². The van der Waals surface area contributed by atoms with Gasteiger partial charge >= 0.3 is 0 Å². The van der Waals surface area contributed by atoms with Crippen molar-refractivity contribution in [2.75, 3.05) is 0 Å². The summed E-state index contributed by atoms with van der Waals surface area (Å²) >= 11 is 0. The molecule has 1 atom stereocenters. The maximum absolute atomic E-state index is 11.8. The number of benzene rings is 1. The molecule has 0 radical (unpaired) electrons. The number of nitrogens with zero attached hydrogens (tertiary/aromatic N) is 2. The van der Waals surface area contributed by atoms with E-state index in [2.05, 4.69) is 15.5 Å². The lowest BCUT2D eigenvalue weighted by Crippen LogP contribution is -2.40. The van der Waals surface area contributed by atoms with Crippen LogP contribution in [0.4, 0.5) is 0 Å². The number of nitrogens with two attached hydrogens (primary N) is 1. The van der Waals surface area contributed by atoms with Crippen LogP contribution >= 0.6 is 0 Å². The lowest BCUT2D eigenvalue weighted by Gasteiger charge is -2.11. The van der Waals surface area contributed by atoms with Crippen LogP contribution in [0.3, 0.4) is 0 Å². The minimum absolute atomic E-state index is 0.205. The maximum atomic E-state index is 11.8. The normalized spacial score (nSPS) is 12.1. The Morgan fingerprint density at radius 3 is 2.80 bits per heavy atom. The molecule has 6 nitrogen and oxygen atoms in total. The molecule has 1 aromatic carbocycles. The first kappa shape index (κ1) is 14.2. The molecule has 0 spiro atoms. The second-order valence-corrected chi connectivity index (χ2v) is 4.58. The van der Waals surface area contributed by atoms with Gasteiger partial charge < -0.3 is 15.6 Å². The highest BCUT2D eigenvalue weighted by molar-refractivity contribution is 5.81. The van der Waals surface area contributed by atoms with Crippen LogP contribution in [-0.2, 0) is 17.8 Å². The Morgan fingerprint density at radius 2 is 2.15 bits per heavy atom. The molecule has 6 heteroatoms. The molecule has 1 heterocycles. The van der Waals surface area contributed by atoms with E-state index in [1.807, 2.05) is 30.3 Å². The van der Waals surface area contributed by atoms with Gasteiger partial charge in [0.2, 0.25) is 11.8 Å². The average molecular weight is 274 g/mol. The first-order chi connectivity index (χ1) is 9.65. The molecular formula is C14H18N4O2. The third kappa shape index (κ3) is 4.17. The maximum Gasteiger partial charge on any atom is 0.237 e. The molecule has 1 aromatic heterocycles. The molecule has 0 aliphatic heterocycles. The monoisotopic (exact) mass is 274 g/mol. The Balaban J connectivity index is 1.74. The van der Waals surface area contributed by atoms with Gasteiger partial charge in [0.05, 0.1) is 12.6 Å². The summed E-state index contributed by atoms with van der Waals surface area (Å²) in [4.78, 5) is 15.8. The van der Waals surface area contributed by atoms with Gasteiger partial charge in [0.15, 0.2) is 5.82 Å². The molecule has 106 valence electrons. The number of amides is 1. The van der Waals surface area contributed by atoms with Gasteiger partial charge in [-0.05, 0) is 18.4 Å². The lowest BCUT2D eigenvalue weighted by molar-refractivity contribution is -0.122. The molecule has 0 bridgehead atoms. The van der Waals surface area contributed by atoms with Crippen molar-refractivity contribution >= 4 is 5.91 Å².